The predicted molar refractivity (Wildman–Crippen MR) is 114 cm³/mol. The topological polar surface area (TPSA) is 123 Å². The van der Waals surface area contributed by atoms with Crippen molar-refractivity contribution in [2.45, 2.75) is 18.7 Å². The summed E-state index contributed by atoms with van der Waals surface area (Å²) in [5, 5.41) is 0. The van der Waals surface area contributed by atoms with Gasteiger partial charge >= 0.3 is 5.97 Å². The highest BCUT2D eigenvalue weighted by Crippen LogP contribution is 2.30. The smallest absolute Gasteiger partial charge is 0.342 e. The number of carbonyl (C=O) groups excluding carboxylic acids is 2. The van der Waals surface area contributed by atoms with Crippen LogP contribution in [-0.4, -0.2) is 72.8 Å². The van der Waals surface area contributed by atoms with Gasteiger partial charge in [0, 0.05) is 26.2 Å². The first-order valence-electron chi connectivity index (χ1n) is 9.93. The molecule has 11 heteroatoms. The molecule has 0 unspecified atom stereocenters. The number of fused-ring (bicyclic) bond motifs is 1. The molecule has 0 saturated carbocycles. The molecular weight excluding hydrogens is 436 g/mol. The molecule has 0 radical (unpaired) electrons. The van der Waals surface area contributed by atoms with Crippen molar-refractivity contribution in [1.82, 2.24) is 19.2 Å². The van der Waals surface area contributed by atoms with Crippen molar-refractivity contribution in [2.24, 2.45) is 0 Å². The number of hydrogen-bond acceptors (Lipinski definition) is 8. The Labute approximate surface area is 184 Å². The summed E-state index contributed by atoms with van der Waals surface area (Å²) in [6, 6.07) is 7.24. The molecule has 3 heterocycles. The van der Waals surface area contributed by atoms with Crippen molar-refractivity contribution >= 4 is 32.9 Å². The summed E-state index contributed by atoms with van der Waals surface area (Å²) in [4.78, 5) is 35.0. The first-order chi connectivity index (χ1) is 15.2. The highest BCUT2D eigenvalue weighted by atomic mass is 32.2. The van der Waals surface area contributed by atoms with Gasteiger partial charge in [-0.15, -0.1) is 0 Å². The van der Waals surface area contributed by atoms with Crippen molar-refractivity contribution < 1.29 is 27.2 Å². The Bertz CT molecular complexity index is 1310. The summed E-state index contributed by atoms with van der Waals surface area (Å²) >= 11 is 0. The average molecular weight is 458 g/mol. The molecule has 10 nitrogen and oxygen atoms in total. The van der Waals surface area contributed by atoms with E-state index in [1.165, 1.54) is 31.5 Å². The number of para-hydroxylation sites is 2. The number of amides is 1. The van der Waals surface area contributed by atoms with Crippen LogP contribution in [0.3, 0.4) is 0 Å². The van der Waals surface area contributed by atoms with Crippen molar-refractivity contribution in [3.05, 3.63) is 53.2 Å². The van der Waals surface area contributed by atoms with Crippen LogP contribution in [0.4, 0.5) is 0 Å². The fourth-order valence-electron chi connectivity index (χ4n) is 3.79. The van der Waals surface area contributed by atoms with E-state index >= 15 is 0 Å². The van der Waals surface area contributed by atoms with Crippen molar-refractivity contribution in [3.63, 3.8) is 0 Å². The molecule has 2 aromatic heterocycles. The summed E-state index contributed by atoms with van der Waals surface area (Å²) in [5.41, 5.74) is 1.40. The number of benzene rings is 1. The van der Waals surface area contributed by atoms with Gasteiger partial charge in [-0.25, -0.2) is 18.2 Å². The molecule has 0 atom stereocenters. The van der Waals surface area contributed by atoms with Gasteiger partial charge in [-0.2, -0.15) is 4.31 Å². The number of methoxy groups -OCH3 is 1. The second kappa shape index (κ2) is 8.32. The molecule has 0 bridgehead atoms. The number of aryl methyl sites for hydroxylation is 2. The van der Waals surface area contributed by atoms with Crippen LogP contribution in [0.1, 0.15) is 32.4 Å². The Morgan fingerprint density at radius 1 is 1.03 bits per heavy atom. The quantitative estimate of drug-likeness (QED) is 0.542. The monoisotopic (exact) mass is 458 g/mol. The fourth-order valence-corrected chi connectivity index (χ4v) is 5.59. The van der Waals surface area contributed by atoms with E-state index in [2.05, 4.69) is 9.97 Å². The largest absolute Gasteiger partial charge is 0.465 e. The van der Waals surface area contributed by atoms with Gasteiger partial charge in [0.1, 0.15) is 27.7 Å². The maximum absolute atomic E-state index is 13.3. The summed E-state index contributed by atoms with van der Waals surface area (Å²) < 4.78 is 38.0. The number of rotatable bonds is 4. The predicted octanol–water partition coefficient (Wildman–Crippen LogP) is 1.77. The molecule has 1 saturated heterocycles. The van der Waals surface area contributed by atoms with Gasteiger partial charge in [0.25, 0.3) is 5.91 Å². The van der Waals surface area contributed by atoms with Crippen molar-refractivity contribution in [2.75, 3.05) is 33.3 Å². The Morgan fingerprint density at radius 3 is 2.34 bits per heavy atom. The number of nitrogens with zero attached hydrogens (tertiary/aromatic N) is 4. The highest BCUT2D eigenvalue weighted by Gasteiger charge is 2.37. The van der Waals surface area contributed by atoms with Gasteiger partial charge in [0.2, 0.25) is 10.0 Å². The normalized spacial score (nSPS) is 15.2. The van der Waals surface area contributed by atoms with Gasteiger partial charge < -0.3 is 14.1 Å². The molecule has 1 amide bonds. The highest BCUT2D eigenvalue weighted by molar-refractivity contribution is 7.89. The lowest BCUT2D eigenvalue weighted by molar-refractivity contribution is 0.0594. The van der Waals surface area contributed by atoms with E-state index < -0.39 is 16.0 Å². The van der Waals surface area contributed by atoms with E-state index in [9.17, 15) is 18.0 Å². The molecule has 168 valence electrons. The van der Waals surface area contributed by atoms with E-state index in [-0.39, 0.29) is 59.8 Å². The minimum atomic E-state index is -4.03. The zero-order chi connectivity index (χ0) is 23.0. The standard InChI is InChI=1S/C21H22N4O6S/c1-13-18(21(27)30-3)19(14(2)31-13)32(28,29)25-10-8-24(9-11-25)20(26)17-12-22-15-6-4-5-7-16(15)23-17/h4-7,12H,8-11H2,1-3H3. The molecule has 1 aliphatic heterocycles. The third kappa shape index (κ3) is 3.73. The second-order valence-electron chi connectivity index (χ2n) is 7.35. The Kier molecular flexibility index (Phi) is 5.70. The number of ether oxygens (including phenoxy) is 1. The minimum absolute atomic E-state index is 0.0688. The number of carbonyl (C=O) groups is 2. The zero-order valence-corrected chi connectivity index (χ0v) is 18.7. The molecule has 0 N–H and O–H groups in total. The van der Waals surface area contributed by atoms with Gasteiger partial charge in [0.05, 0.1) is 24.3 Å². The third-order valence-electron chi connectivity index (χ3n) is 5.39. The Balaban J connectivity index is 1.53. The van der Waals surface area contributed by atoms with E-state index in [0.29, 0.717) is 11.0 Å². The van der Waals surface area contributed by atoms with Crippen molar-refractivity contribution in [1.29, 1.82) is 0 Å². The molecule has 0 spiro atoms. The van der Waals surface area contributed by atoms with Crippen LogP contribution in [0, 0.1) is 13.8 Å². The van der Waals surface area contributed by atoms with E-state index in [1.807, 2.05) is 18.2 Å². The minimum Gasteiger partial charge on any atom is -0.465 e. The molecule has 0 aliphatic carbocycles. The third-order valence-corrected chi connectivity index (χ3v) is 7.44. The summed E-state index contributed by atoms with van der Waals surface area (Å²) in [6.45, 7) is 3.49. The van der Waals surface area contributed by atoms with Crippen LogP contribution in [0.2, 0.25) is 0 Å². The molecule has 32 heavy (non-hydrogen) atoms. The van der Waals surface area contributed by atoms with E-state index in [1.54, 1.807) is 11.0 Å². The molecule has 3 aromatic rings. The van der Waals surface area contributed by atoms with Crippen LogP contribution in [0.5, 0.6) is 0 Å². The lowest BCUT2D eigenvalue weighted by Gasteiger charge is -2.33. The summed E-state index contributed by atoms with van der Waals surface area (Å²) in [6.07, 6.45) is 1.42. The van der Waals surface area contributed by atoms with E-state index in [0.717, 1.165) is 0 Å². The van der Waals surface area contributed by atoms with Crippen LogP contribution < -0.4 is 0 Å². The maximum Gasteiger partial charge on any atom is 0.342 e. The molecule has 1 aliphatic rings. The lowest BCUT2D eigenvalue weighted by atomic mass is 10.2. The fraction of sp³-hybridized carbons (Fsp3) is 0.333. The summed E-state index contributed by atoms with van der Waals surface area (Å²) in [5.74, 6) is -0.794. The molecule has 4 rings (SSSR count). The van der Waals surface area contributed by atoms with Gasteiger partial charge in [0.15, 0.2) is 0 Å². The van der Waals surface area contributed by atoms with E-state index in [4.69, 9.17) is 9.15 Å². The number of esters is 1. The van der Waals surface area contributed by atoms with Gasteiger partial charge in [-0.1, -0.05) is 12.1 Å². The Morgan fingerprint density at radius 2 is 1.69 bits per heavy atom. The van der Waals surface area contributed by atoms with Crippen molar-refractivity contribution in [3.8, 4) is 0 Å². The second-order valence-corrected chi connectivity index (χ2v) is 9.23. The average Bonchev–Trinajstić information content (AvgIpc) is 3.12. The summed E-state index contributed by atoms with van der Waals surface area (Å²) in [7, 11) is -2.85. The Hall–Kier alpha value is -3.31. The number of hydrogen-bond donors (Lipinski definition) is 0. The molecule has 1 aromatic carbocycles. The van der Waals surface area contributed by atoms with Gasteiger partial charge in [-0.3, -0.25) is 9.78 Å². The number of piperazine rings is 1. The van der Waals surface area contributed by atoms with Crippen LogP contribution >= 0.6 is 0 Å². The van der Waals surface area contributed by atoms with Crippen LogP contribution in [0.25, 0.3) is 11.0 Å². The number of furan rings is 1. The first-order valence-corrected chi connectivity index (χ1v) is 11.4. The number of sulfonamides is 1. The molecular formula is C21H22N4O6S. The molecule has 1 fully saturated rings. The van der Waals surface area contributed by atoms with Gasteiger partial charge in [-0.05, 0) is 26.0 Å². The lowest BCUT2D eigenvalue weighted by Crippen LogP contribution is -2.50. The zero-order valence-electron chi connectivity index (χ0n) is 17.9. The maximum atomic E-state index is 13.3. The number of aromatic nitrogens is 2. The first kappa shape index (κ1) is 21.9. The SMILES string of the molecule is COC(=O)c1c(C)oc(C)c1S(=O)(=O)N1CCN(C(=O)c2cnc3ccccc3n2)CC1. The van der Waals surface area contributed by atoms with Crippen LogP contribution in [0.15, 0.2) is 39.8 Å². The van der Waals surface area contributed by atoms with Crippen LogP contribution in [-0.2, 0) is 14.8 Å².